The Bertz CT molecular complexity index is 771. The molecule has 0 fully saturated rings. The number of hydrogen-bond donors (Lipinski definition) is 0. The Morgan fingerprint density at radius 3 is 2.70 bits per heavy atom. The van der Waals surface area contributed by atoms with Crippen LogP contribution in [0.15, 0.2) is 39.4 Å². The third kappa shape index (κ3) is 2.33. The maximum Gasteiger partial charge on any atom is 0.0767 e. The summed E-state index contributed by atoms with van der Waals surface area (Å²) >= 11 is 7.19. The molecule has 0 amide bonds. The fourth-order valence-corrected chi connectivity index (χ4v) is 3.58. The minimum Gasteiger partial charge on any atom is -0.341 e. The molecular weight excluding hydrogens is 382 g/mol. The molecule has 0 aliphatic rings. The van der Waals surface area contributed by atoms with E-state index in [0.29, 0.717) is 0 Å². The zero-order chi connectivity index (χ0) is 14.3. The summed E-state index contributed by atoms with van der Waals surface area (Å²) in [4.78, 5) is 0. The molecule has 0 atom stereocenters. The van der Waals surface area contributed by atoms with Gasteiger partial charge >= 0.3 is 0 Å². The third-order valence-corrected chi connectivity index (χ3v) is 4.96. The molecular formula is C15H15Br2N3. The molecule has 0 aliphatic carbocycles. The summed E-state index contributed by atoms with van der Waals surface area (Å²) in [6, 6.07) is 8.51. The maximum absolute atomic E-state index is 4.55. The summed E-state index contributed by atoms with van der Waals surface area (Å²) in [6.07, 6.45) is 3.07. The van der Waals surface area contributed by atoms with E-state index in [9.17, 15) is 0 Å². The minimum absolute atomic E-state index is 0.815. The van der Waals surface area contributed by atoms with Crippen molar-refractivity contribution in [3.05, 3.63) is 50.8 Å². The number of nitrogens with zero attached hydrogens (tertiary/aromatic N) is 3. The van der Waals surface area contributed by atoms with E-state index in [4.69, 9.17) is 0 Å². The monoisotopic (exact) mass is 395 g/mol. The van der Waals surface area contributed by atoms with Crippen LogP contribution in [0.5, 0.6) is 0 Å². The molecule has 20 heavy (non-hydrogen) atoms. The summed E-state index contributed by atoms with van der Waals surface area (Å²) in [5.41, 5.74) is 3.54. The van der Waals surface area contributed by atoms with Gasteiger partial charge in [-0.25, -0.2) is 0 Å². The Morgan fingerprint density at radius 2 is 2.00 bits per heavy atom. The summed E-state index contributed by atoms with van der Waals surface area (Å²) in [6.45, 7) is 2.94. The van der Waals surface area contributed by atoms with Gasteiger partial charge in [-0.15, -0.1) is 0 Å². The van der Waals surface area contributed by atoms with Crippen molar-refractivity contribution in [2.45, 2.75) is 19.9 Å². The molecule has 3 rings (SSSR count). The third-order valence-electron chi connectivity index (χ3n) is 3.56. The number of halogens is 2. The maximum atomic E-state index is 4.55. The quantitative estimate of drug-likeness (QED) is 0.638. The first-order chi connectivity index (χ1) is 9.60. The van der Waals surface area contributed by atoms with Gasteiger partial charge in [0.15, 0.2) is 0 Å². The van der Waals surface area contributed by atoms with Gasteiger partial charge < -0.3 is 4.57 Å². The second-order valence-corrected chi connectivity index (χ2v) is 6.54. The molecule has 0 saturated carbocycles. The van der Waals surface area contributed by atoms with Gasteiger partial charge in [-0.3, -0.25) is 4.68 Å². The van der Waals surface area contributed by atoms with E-state index in [1.54, 1.807) is 0 Å². The highest BCUT2D eigenvalue weighted by molar-refractivity contribution is 9.10. The zero-order valence-electron chi connectivity index (χ0n) is 11.4. The van der Waals surface area contributed by atoms with E-state index in [0.717, 1.165) is 27.6 Å². The van der Waals surface area contributed by atoms with Crippen LogP contribution >= 0.6 is 31.9 Å². The average molecular weight is 397 g/mol. The number of fused-ring (bicyclic) bond motifs is 1. The molecule has 0 saturated heterocycles. The average Bonchev–Trinajstić information content (AvgIpc) is 2.94. The number of benzene rings is 1. The largest absolute Gasteiger partial charge is 0.341 e. The van der Waals surface area contributed by atoms with Crippen molar-refractivity contribution in [2.75, 3.05) is 0 Å². The number of aromatic nitrogens is 3. The van der Waals surface area contributed by atoms with Crippen LogP contribution in [0.2, 0.25) is 0 Å². The van der Waals surface area contributed by atoms with Gasteiger partial charge in [0.2, 0.25) is 0 Å². The predicted molar refractivity (Wildman–Crippen MR) is 89.0 cm³/mol. The lowest BCUT2D eigenvalue weighted by molar-refractivity contribution is 0.668. The molecule has 0 radical (unpaired) electrons. The zero-order valence-corrected chi connectivity index (χ0v) is 14.6. The molecule has 104 valence electrons. The Labute approximate surface area is 134 Å². The first kappa shape index (κ1) is 13.9. The Balaban J connectivity index is 2.03. The minimum atomic E-state index is 0.815. The highest BCUT2D eigenvalue weighted by Crippen LogP contribution is 2.25. The number of aryl methyl sites for hydroxylation is 2. The van der Waals surface area contributed by atoms with Crippen molar-refractivity contribution in [3.8, 4) is 0 Å². The van der Waals surface area contributed by atoms with Crippen LogP contribution in [0.3, 0.4) is 0 Å². The molecule has 0 unspecified atom stereocenters. The van der Waals surface area contributed by atoms with Crippen LogP contribution < -0.4 is 0 Å². The van der Waals surface area contributed by atoms with Crippen LogP contribution in [-0.4, -0.2) is 14.3 Å². The molecule has 1 aromatic carbocycles. The second-order valence-electron chi connectivity index (χ2n) is 4.83. The topological polar surface area (TPSA) is 22.8 Å². The summed E-state index contributed by atoms with van der Waals surface area (Å²) < 4.78 is 6.45. The van der Waals surface area contributed by atoms with Crippen molar-refractivity contribution < 1.29 is 0 Å². The molecule has 2 heterocycles. The molecule has 3 aromatic rings. The van der Waals surface area contributed by atoms with E-state index >= 15 is 0 Å². The van der Waals surface area contributed by atoms with Crippen LogP contribution in [-0.2, 0) is 20.0 Å². The van der Waals surface area contributed by atoms with E-state index in [-0.39, 0.29) is 0 Å². The van der Waals surface area contributed by atoms with Crippen molar-refractivity contribution in [1.82, 2.24) is 14.3 Å². The summed E-state index contributed by atoms with van der Waals surface area (Å²) in [7, 11) is 2.00. The highest BCUT2D eigenvalue weighted by Gasteiger charge is 2.13. The van der Waals surface area contributed by atoms with E-state index in [1.807, 2.05) is 11.7 Å². The van der Waals surface area contributed by atoms with Gasteiger partial charge in [0.1, 0.15) is 0 Å². The van der Waals surface area contributed by atoms with Crippen molar-refractivity contribution >= 4 is 42.8 Å². The van der Waals surface area contributed by atoms with Gasteiger partial charge in [0.05, 0.1) is 22.4 Å². The van der Waals surface area contributed by atoms with E-state index < -0.39 is 0 Å². The van der Waals surface area contributed by atoms with Crippen LogP contribution in [0.25, 0.3) is 10.9 Å². The normalized spacial score (nSPS) is 11.4. The molecule has 2 aromatic heterocycles. The number of rotatable bonds is 3. The predicted octanol–water partition coefficient (Wildman–Crippen LogP) is 4.51. The second kappa shape index (κ2) is 5.37. The molecule has 3 nitrogen and oxygen atoms in total. The van der Waals surface area contributed by atoms with Crippen LogP contribution in [0, 0.1) is 0 Å². The SMILES string of the molecule is CCc1nn(C)c(Cn2ccc3cc(Br)ccc32)c1Br. The first-order valence-electron chi connectivity index (χ1n) is 6.54. The highest BCUT2D eigenvalue weighted by atomic mass is 79.9. The van der Waals surface area contributed by atoms with Crippen LogP contribution in [0.4, 0.5) is 0 Å². The molecule has 5 heteroatoms. The van der Waals surface area contributed by atoms with Crippen LogP contribution in [0.1, 0.15) is 18.3 Å². The van der Waals surface area contributed by atoms with Crippen molar-refractivity contribution in [3.63, 3.8) is 0 Å². The first-order valence-corrected chi connectivity index (χ1v) is 8.13. The Morgan fingerprint density at radius 1 is 1.20 bits per heavy atom. The van der Waals surface area contributed by atoms with Gasteiger partial charge in [-0.1, -0.05) is 22.9 Å². The van der Waals surface area contributed by atoms with E-state index in [1.165, 1.54) is 16.6 Å². The lowest BCUT2D eigenvalue weighted by atomic mass is 10.2. The number of hydrogen-bond acceptors (Lipinski definition) is 1. The lowest BCUT2D eigenvalue weighted by Gasteiger charge is -2.07. The van der Waals surface area contributed by atoms with Gasteiger partial charge in [-0.05, 0) is 46.6 Å². The molecule has 0 aliphatic heterocycles. The fraction of sp³-hybridized carbons (Fsp3) is 0.267. The fourth-order valence-electron chi connectivity index (χ4n) is 2.46. The lowest BCUT2D eigenvalue weighted by Crippen LogP contribution is -2.05. The molecule has 0 N–H and O–H groups in total. The van der Waals surface area contributed by atoms with E-state index in [2.05, 4.69) is 78.9 Å². The molecule has 0 spiro atoms. The standard InChI is InChI=1S/C15H15Br2N3/c1-3-12-15(17)14(19(2)18-12)9-20-7-6-10-8-11(16)4-5-13(10)20/h4-8H,3,9H2,1-2H3. The smallest absolute Gasteiger partial charge is 0.0767 e. The van der Waals surface area contributed by atoms with Gasteiger partial charge in [0, 0.05) is 28.6 Å². The Hall–Kier alpha value is -1.07. The van der Waals surface area contributed by atoms with Gasteiger partial charge in [-0.2, -0.15) is 5.10 Å². The van der Waals surface area contributed by atoms with Gasteiger partial charge in [0.25, 0.3) is 0 Å². The Kier molecular flexibility index (Phi) is 3.73. The van der Waals surface area contributed by atoms with Crippen molar-refractivity contribution in [2.24, 2.45) is 7.05 Å². The summed E-state index contributed by atoms with van der Waals surface area (Å²) in [5, 5.41) is 5.80. The molecule has 0 bridgehead atoms. The van der Waals surface area contributed by atoms with Crippen molar-refractivity contribution in [1.29, 1.82) is 0 Å². The summed E-state index contributed by atoms with van der Waals surface area (Å²) in [5.74, 6) is 0.